The van der Waals surface area contributed by atoms with Crippen LogP contribution in [0.3, 0.4) is 0 Å². The summed E-state index contributed by atoms with van der Waals surface area (Å²) in [5, 5.41) is 9.00. The highest BCUT2D eigenvalue weighted by Gasteiger charge is 2.20. The zero-order chi connectivity index (χ0) is 16.9. The monoisotopic (exact) mass is 326 g/mol. The molecule has 2 aromatic rings. The number of amides is 1. The molecule has 1 N–H and O–H groups in total. The summed E-state index contributed by atoms with van der Waals surface area (Å²) >= 11 is 0. The van der Waals surface area contributed by atoms with E-state index in [9.17, 15) is 4.79 Å². The fourth-order valence-corrected chi connectivity index (χ4v) is 2.81. The second-order valence-electron chi connectivity index (χ2n) is 6.11. The highest BCUT2D eigenvalue weighted by Crippen LogP contribution is 2.23. The predicted molar refractivity (Wildman–Crippen MR) is 92.6 cm³/mol. The van der Waals surface area contributed by atoms with Crippen LogP contribution < -0.4 is 4.74 Å². The van der Waals surface area contributed by atoms with Crippen molar-refractivity contribution in [3.05, 3.63) is 59.7 Å². The highest BCUT2D eigenvalue weighted by atomic mass is 16.5. The molecule has 1 fully saturated rings. The lowest BCUT2D eigenvalue weighted by Crippen LogP contribution is -2.47. The van der Waals surface area contributed by atoms with Crippen LogP contribution in [0.2, 0.25) is 0 Å². The Kier molecular flexibility index (Phi) is 5.01. The molecule has 0 saturated carbocycles. The van der Waals surface area contributed by atoms with E-state index in [1.54, 1.807) is 0 Å². The van der Waals surface area contributed by atoms with Gasteiger partial charge < -0.3 is 14.7 Å². The number of hydrogen-bond acceptors (Lipinski definition) is 3. The second kappa shape index (κ2) is 7.36. The minimum absolute atomic E-state index is 0.564. The van der Waals surface area contributed by atoms with Crippen LogP contribution in [0.15, 0.2) is 48.5 Å². The maximum absolute atomic E-state index is 10.9. The lowest BCUT2D eigenvalue weighted by Gasteiger charge is -2.33. The molecule has 1 aliphatic rings. The van der Waals surface area contributed by atoms with Crippen molar-refractivity contribution < 1.29 is 14.6 Å². The van der Waals surface area contributed by atoms with Crippen LogP contribution in [0.25, 0.3) is 0 Å². The van der Waals surface area contributed by atoms with Crippen LogP contribution in [0, 0.1) is 6.92 Å². The van der Waals surface area contributed by atoms with E-state index in [2.05, 4.69) is 17.9 Å². The van der Waals surface area contributed by atoms with Gasteiger partial charge in [-0.3, -0.25) is 4.90 Å². The Morgan fingerprint density at radius 1 is 1.04 bits per heavy atom. The maximum Gasteiger partial charge on any atom is 0.407 e. The Labute approximate surface area is 142 Å². The van der Waals surface area contributed by atoms with Gasteiger partial charge in [0.2, 0.25) is 0 Å². The molecule has 5 heteroatoms. The standard InChI is InChI=1S/C19H22N2O3/c1-15-5-7-17(8-6-15)24-18-4-2-3-16(13-18)14-20-9-11-21(12-10-20)19(22)23/h2-8,13H,9-12,14H2,1H3,(H,22,23). The van der Waals surface area contributed by atoms with Gasteiger partial charge >= 0.3 is 6.09 Å². The molecule has 5 nitrogen and oxygen atoms in total. The molecule has 0 atom stereocenters. The summed E-state index contributed by atoms with van der Waals surface area (Å²) in [5.74, 6) is 1.65. The van der Waals surface area contributed by atoms with Crippen molar-refractivity contribution in [3.63, 3.8) is 0 Å². The summed E-state index contributed by atoms with van der Waals surface area (Å²) in [7, 11) is 0. The molecular formula is C19H22N2O3. The van der Waals surface area contributed by atoms with E-state index in [1.165, 1.54) is 16.0 Å². The minimum Gasteiger partial charge on any atom is -0.465 e. The molecule has 3 rings (SSSR count). The fourth-order valence-electron chi connectivity index (χ4n) is 2.81. The predicted octanol–water partition coefficient (Wildman–Crippen LogP) is 3.58. The van der Waals surface area contributed by atoms with Crippen LogP contribution in [0.4, 0.5) is 4.79 Å². The Bertz CT molecular complexity index is 692. The Balaban J connectivity index is 1.59. The lowest BCUT2D eigenvalue weighted by atomic mass is 10.2. The molecule has 1 saturated heterocycles. The summed E-state index contributed by atoms with van der Waals surface area (Å²) in [6.07, 6.45) is -0.830. The van der Waals surface area contributed by atoms with E-state index in [1.807, 2.05) is 42.5 Å². The molecule has 1 amide bonds. The van der Waals surface area contributed by atoms with E-state index in [-0.39, 0.29) is 0 Å². The number of benzene rings is 2. The molecule has 0 aromatic heterocycles. The zero-order valence-electron chi connectivity index (χ0n) is 13.8. The molecule has 0 spiro atoms. The van der Waals surface area contributed by atoms with Crippen molar-refractivity contribution in [3.8, 4) is 11.5 Å². The van der Waals surface area contributed by atoms with Crippen molar-refractivity contribution in [2.24, 2.45) is 0 Å². The lowest BCUT2D eigenvalue weighted by molar-refractivity contribution is 0.103. The first-order valence-electron chi connectivity index (χ1n) is 8.14. The Morgan fingerprint density at radius 3 is 2.42 bits per heavy atom. The van der Waals surface area contributed by atoms with E-state index in [4.69, 9.17) is 9.84 Å². The third-order valence-electron chi connectivity index (χ3n) is 4.20. The van der Waals surface area contributed by atoms with Crippen molar-refractivity contribution in [1.29, 1.82) is 0 Å². The molecule has 126 valence electrons. The van der Waals surface area contributed by atoms with E-state index in [0.717, 1.165) is 31.1 Å². The number of rotatable bonds is 4. The molecule has 24 heavy (non-hydrogen) atoms. The summed E-state index contributed by atoms with van der Waals surface area (Å²) in [6.45, 7) is 5.50. The Morgan fingerprint density at radius 2 is 1.75 bits per heavy atom. The van der Waals surface area contributed by atoms with Gasteiger partial charge in [-0.25, -0.2) is 4.79 Å². The van der Waals surface area contributed by atoms with Crippen LogP contribution in [-0.4, -0.2) is 47.2 Å². The first-order valence-corrected chi connectivity index (χ1v) is 8.14. The zero-order valence-corrected chi connectivity index (χ0v) is 13.8. The highest BCUT2D eigenvalue weighted by molar-refractivity contribution is 5.65. The topological polar surface area (TPSA) is 53.0 Å². The van der Waals surface area contributed by atoms with Crippen LogP contribution >= 0.6 is 0 Å². The second-order valence-corrected chi connectivity index (χ2v) is 6.11. The van der Waals surface area contributed by atoms with Gasteiger partial charge in [-0.15, -0.1) is 0 Å². The smallest absolute Gasteiger partial charge is 0.407 e. The molecule has 1 aliphatic heterocycles. The van der Waals surface area contributed by atoms with Crippen LogP contribution in [-0.2, 0) is 6.54 Å². The summed E-state index contributed by atoms with van der Waals surface area (Å²) < 4.78 is 5.91. The van der Waals surface area contributed by atoms with Crippen molar-refractivity contribution in [1.82, 2.24) is 9.80 Å². The van der Waals surface area contributed by atoms with Crippen molar-refractivity contribution >= 4 is 6.09 Å². The van der Waals surface area contributed by atoms with Gasteiger partial charge in [-0.2, -0.15) is 0 Å². The van der Waals surface area contributed by atoms with Gasteiger partial charge in [0.15, 0.2) is 0 Å². The molecule has 0 aliphatic carbocycles. The molecule has 0 unspecified atom stereocenters. The minimum atomic E-state index is -0.830. The van der Waals surface area contributed by atoms with Gasteiger partial charge in [-0.1, -0.05) is 29.8 Å². The quantitative estimate of drug-likeness (QED) is 0.933. The summed E-state index contributed by atoms with van der Waals surface area (Å²) in [5.41, 5.74) is 2.37. The summed E-state index contributed by atoms with van der Waals surface area (Å²) in [6, 6.07) is 16.1. The molecule has 0 radical (unpaired) electrons. The first-order chi connectivity index (χ1) is 11.6. The molecule has 0 bridgehead atoms. The van der Waals surface area contributed by atoms with Crippen molar-refractivity contribution in [2.45, 2.75) is 13.5 Å². The normalized spacial score (nSPS) is 15.3. The Hall–Kier alpha value is -2.53. The third-order valence-corrected chi connectivity index (χ3v) is 4.20. The number of aryl methyl sites for hydroxylation is 1. The summed E-state index contributed by atoms with van der Waals surface area (Å²) in [4.78, 5) is 14.7. The molecule has 1 heterocycles. The fraction of sp³-hybridized carbons (Fsp3) is 0.316. The number of ether oxygens (including phenoxy) is 1. The SMILES string of the molecule is Cc1ccc(Oc2cccc(CN3CCN(C(=O)O)CC3)c2)cc1. The number of hydrogen-bond donors (Lipinski definition) is 1. The molecule has 2 aromatic carbocycles. The van der Waals surface area contributed by atoms with Gasteiger partial charge in [0, 0.05) is 32.7 Å². The van der Waals surface area contributed by atoms with E-state index >= 15 is 0 Å². The van der Waals surface area contributed by atoms with E-state index in [0.29, 0.717) is 13.1 Å². The van der Waals surface area contributed by atoms with Crippen LogP contribution in [0.1, 0.15) is 11.1 Å². The number of piperazine rings is 1. The van der Waals surface area contributed by atoms with Crippen LogP contribution in [0.5, 0.6) is 11.5 Å². The average molecular weight is 326 g/mol. The van der Waals surface area contributed by atoms with Gasteiger partial charge in [-0.05, 0) is 36.8 Å². The van der Waals surface area contributed by atoms with Gasteiger partial charge in [0.1, 0.15) is 11.5 Å². The average Bonchev–Trinajstić information content (AvgIpc) is 2.58. The maximum atomic E-state index is 10.9. The van der Waals surface area contributed by atoms with Crippen molar-refractivity contribution in [2.75, 3.05) is 26.2 Å². The molecular weight excluding hydrogens is 304 g/mol. The third kappa shape index (κ3) is 4.26. The largest absolute Gasteiger partial charge is 0.465 e. The van der Waals surface area contributed by atoms with E-state index < -0.39 is 6.09 Å². The first kappa shape index (κ1) is 16.3. The number of carbonyl (C=O) groups is 1. The van der Waals surface area contributed by atoms with Gasteiger partial charge in [0.05, 0.1) is 0 Å². The number of carboxylic acid groups (broad SMARTS) is 1. The van der Waals surface area contributed by atoms with Gasteiger partial charge in [0.25, 0.3) is 0 Å². The number of nitrogens with zero attached hydrogens (tertiary/aromatic N) is 2.